The average Bonchev–Trinajstić information content (AvgIpc) is 3.12. The van der Waals surface area contributed by atoms with Gasteiger partial charge in [-0.15, -0.1) is 11.3 Å². The summed E-state index contributed by atoms with van der Waals surface area (Å²) in [7, 11) is 3.21. The van der Waals surface area contributed by atoms with Crippen molar-refractivity contribution in [3.63, 3.8) is 0 Å². The Labute approximate surface area is 144 Å². The number of para-hydroxylation sites is 1. The molecule has 0 atom stereocenters. The van der Waals surface area contributed by atoms with Gasteiger partial charge < -0.3 is 14.8 Å². The van der Waals surface area contributed by atoms with E-state index in [-0.39, 0.29) is 5.91 Å². The lowest BCUT2D eigenvalue weighted by atomic mass is 10.1. The lowest BCUT2D eigenvalue weighted by Crippen LogP contribution is -2.09. The Morgan fingerprint density at radius 3 is 2.38 bits per heavy atom. The fraction of sp³-hybridized carbons (Fsp3) is 0.105. The molecule has 0 radical (unpaired) electrons. The van der Waals surface area contributed by atoms with Crippen LogP contribution < -0.4 is 14.8 Å². The molecule has 3 rings (SSSR count). The topological polar surface area (TPSA) is 47.6 Å². The maximum absolute atomic E-state index is 12.3. The van der Waals surface area contributed by atoms with E-state index >= 15 is 0 Å². The lowest BCUT2D eigenvalue weighted by molar-refractivity contribution is 0.103. The zero-order valence-electron chi connectivity index (χ0n) is 13.4. The Morgan fingerprint density at radius 2 is 1.67 bits per heavy atom. The highest BCUT2D eigenvalue weighted by atomic mass is 32.1. The third-order valence-electron chi connectivity index (χ3n) is 3.53. The van der Waals surface area contributed by atoms with Gasteiger partial charge >= 0.3 is 0 Å². The Hall–Kier alpha value is -2.79. The van der Waals surface area contributed by atoms with Gasteiger partial charge in [0.15, 0.2) is 11.5 Å². The molecule has 0 saturated heterocycles. The van der Waals surface area contributed by atoms with Gasteiger partial charge in [0.2, 0.25) is 0 Å². The van der Waals surface area contributed by atoms with Crippen molar-refractivity contribution >= 4 is 22.9 Å². The first kappa shape index (κ1) is 16.1. The van der Waals surface area contributed by atoms with Crippen molar-refractivity contribution in [2.45, 2.75) is 0 Å². The van der Waals surface area contributed by atoms with Gasteiger partial charge in [0.05, 0.1) is 19.1 Å². The minimum atomic E-state index is -0.113. The van der Waals surface area contributed by atoms with Crippen LogP contribution in [0.2, 0.25) is 0 Å². The predicted octanol–water partition coefficient (Wildman–Crippen LogP) is 4.68. The van der Waals surface area contributed by atoms with Crippen LogP contribution in [0.4, 0.5) is 5.69 Å². The first-order valence-corrected chi connectivity index (χ1v) is 8.21. The smallest absolute Gasteiger partial charge is 0.265 e. The first-order chi connectivity index (χ1) is 11.7. The van der Waals surface area contributed by atoms with E-state index < -0.39 is 0 Å². The number of carbonyl (C=O) groups excluding carboxylic acids is 1. The average molecular weight is 339 g/mol. The SMILES string of the molecule is COc1ccc(-c2ccc(C(=O)Nc3ccccc3)s2)cc1OC. The van der Waals surface area contributed by atoms with Gasteiger partial charge in [-0.1, -0.05) is 18.2 Å². The van der Waals surface area contributed by atoms with Crippen molar-refractivity contribution in [3.8, 4) is 21.9 Å². The van der Waals surface area contributed by atoms with Gasteiger partial charge in [-0.25, -0.2) is 0 Å². The zero-order chi connectivity index (χ0) is 16.9. The van der Waals surface area contributed by atoms with Crippen molar-refractivity contribution in [2.75, 3.05) is 19.5 Å². The molecule has 0 saturated carbocycles. The number of benzene rings is 2. The molecule has 0 aliphatic carbocycles. The van der Waals surface area contributed by atoms with Gasteiger partial charge in [0.1, 0.15) is 0 Å². The van der Waals surface area contributed by atoms with Crippen molar-refractivity contribution in [3.05, 3.63) is 65.5 Å². The van der Waals surface area contributed by atoms with Gasteiger partial charge in [0.25, 0.3) is 5.91 Å². The monoisotopic (exact) mass is 339 g/mol. The number of amides is 1. The van der Waals surface area contributed by atoms with E-state index in [0.717, 1.165) is 16.1 Å². The molecule has 0 unspecified atom stereocenters. The molecule has 1 amide bonds. The van der Waals surface area contributed by atoms with Crippen LogP contribution in [0.1, 0.15) is 9.67 Å². The van der Waals surface area contributed by atoms with E-state index in [1.165, 1.54) is 11.3 Å². The largest absolute Gasteiger partial charge is 0.493 e. The number of hydrogen-bond donors (Lipinski definition) is 1. The van der Waals surface area contributed by atoms with Crippen molar-refractivity contribution < 1.29 is 14.3 Å². The van der Waals surface area contributed by atoms with Crippen LogP contribution in [-0.2, 0) is 0 Å². The maximum atomic E-state index is 12.3. The summed E-state index contributed by atoms with van der Waals surface area (Å²) < 4.78 is 10.6. The quantitative estimate of drug-likeness (QED) is 0.734. The second kappa shape index (κ2) is 7.19. The summed E-state index contributed by atoms with van der Waals surface area (Å²) in [6.45, 7) is 0. The van der Waals surface area contributed by atoms with Crippen molar-refractivity contribution in [2.24, 2.45) is 0 Å². The fourth-order valence-electron chi connectivity index (χ4n) is 2.32. The molecular weight excluding hydrogens is 322 g/mol. The molecule has 0 spiro atoms. The summed E-state index contributed by atoms with van der Waals surface area (Å²) in [5.41, 5.74) is 1.76. The number of methoxy groups -OCH3 is 2. The molecule has 0 aliphatic rings. The third-order valence-corrected chi connectivity index (χ3v) is 4.66. The molecule has 4 nitrogen and oxygen atoms in total. The van der Waals surface area contributed by atoms with E-state index in [1.807, 2.05) is 60.7 Å². The van der Waals surface area contributed by atoms with E-state index in [4.69, 9.17) is 9.47 Å². The maximum Gasteiger partial charge on any atom is 0.265 e. The van der Waals surface area contributed by atoms with Crippen LogP contribution in [0.15, 0.2) is 60.7 Å². The highest BCUT2D eigenvalue weighted by Crippen LogP contribution is 2.35. The highest BCUT2D eigenvalue weighted by Gasteiger charge is 2.12. The van der Waals surface area contributed by atoms with Crippen LogP contribution in [0.5, 0.6) is 11.5 Å². The second-order valence-corrected chi connectivity index (χ2v) is 6.14. The van der Waals surface area contributed by atoms with E-state index in [0.29, 0.717) is 16.4 Å². The van der Waals surface area contributed by atoms with Gasteiger partial charge in [0, 0.05) is 10.6 Å². The minimum Gasteiger partial charge on any atom is -0.493 e. The second-order valence-electron chi connectivity index (χ2n) is 5.05. The number of carbonyl (C=O) groups is 1. The molecular formula is C19H17NO3S. The molecule has 122 valence electrons. The molecule has 1 aromatic heterocycles. The van der Waals surface area contributed by atoms with Gasteiger partial charge in [-0.3, -0.25) is 4.79 Å². The van der Waals surface area contributed by atoms with Crippen LogP contribution >= 0.6 is 11.3 Å². The predicted molar refractivity (Wildman–Crippen MR) is 97.3 cm³/mol. The summed E-state index contributed by atoms with van der Waals surface area (Å²) in [6.07, 6.45) is 0. The summed E-state index contributed by atoms with van der Waals surface area (Å²) >= 11 is 1.44. The number of rotatable bonds is 5. The first-order valence-electron chi connectivity index (χ1n) is 7.40. The molecule has 24 heavy (non-hydrogen) atoms. The molecule has 1 N–H and O–H groups in total. The Kier molecular flexibility index (Phi) is 4.82. The zero-order valence-corrected chi connectivity index (χ0v) is 14.2. The van der Waals surface area contributed by atoms with Crippen LogP contribution in [0, 0.1) is 0 Å². The molecule has 0 fully saturated rings. The summed E-state index contributed by atoms with van der Waals surface area (Å²) in [6, 6.07) is 18.9. The number of hydrogen-bond acceptors (Lipinski definition) is 4. The molecule has 3 aromatic rings. The van der Waals surface area contributed by atoms with Crippen LogP contribution in [-0.4, -0.2) is 20.1 Å². The Morgan fingerprint density at radius 1 is 0.917 bits per heavy atom. The lowest BCUT2D eigenvalue weighted by Gasteiger charge is -2.08. The van der Waals surface area contributed by atoms with E-state index in [9.17, 15) is 4.79 Å². The highest BCUT2D eigenvalue weighted by molar-refractivity contribution is 7.17. The molecule has 5 heteroatoms. The van der Waals surface area contributed by atoms with Gasteiger partial charge in [-0.2, -0.15) is 0 Å². The fourth-order valence-corrected chi connectivity index (χ4v) is 3.22. The third kappa shape index (κ3) is 3.41. The number of anilines is 1. The summed E-state index contributed by atoms with van der Waals surface area (Å²) in [5, 5.41) is 2.89. The minimum absolute atomic E-state index is 0.113. The number of nitrogens with one attached hydrogen (secondary N) is 1. The van der Waals surface area contributed by atoms with Crippen LogP contribution in [0.3, 0.4) is 0 Å². The molecule has 1 heterocycles. The Balaban J connectivity index is 1.81. The van der Waals surface area contributed by atoms with Gasteiger partial charge in [-0.05, 0) is 48.0 Å². The normalized spacial score (nSPS) is 10.2. The molecule has 0 bridgehead atoms. The van der Waals surface area contributed by atoms with Crippen molar-refractivity contribution in [1.29, 1.82) is 0 Å². The summed E-state index contributed by atoms with van der Waals surface area (Å²) in [4.78, 5) is 14.0. The summed E-state index contributed by atoms with van der Waals surface area (Å²) in [5.74, 6) is 1.23. The molecule has 2 aromatic carbocycles. The van der Waals surface area contributed by atoms with E-state index in [2.05, 4.69) is 5.32 Å². The molecule has 0 aliphatic heterocycles. The van der Waals surface area contributed by atoms with Crippen LogP contribution in [0.25, 0.3) is 10.4 Å². The van der Waals surface area contributed by atoms with Crippen molar-refractivity contribution in [1.82, 2.24) is 0 Å². The Bertz CT molecular complexity index is 843. The number of ether oxygens (including phenoxy) is 2. The van der Waals surface area contributed by atoms with E-state index in [1.54, 1.807) is 14.2 Å². The standard InChI is InChI=1S/C19H17NO3S/c1-22-15-9-8-13(12-16(15)23-2)17-10-11-18(24-17)19(21)20-14-6-4-3-5-7-14/h3-12H,1-2H3,(H,20,21). The number of thiophene rings is 1.